The van der Waals surface area contributed by atoms with Crippen molar-refractivity contribution in [3.8, 4) is 0 Å². The molecule has 1 atom stereocenters. The summed E-state index contributed by atoms with van der Waals surface area (Å²) in [6, 6.07) is 0. The Morgan fingerprint density at radius 1 is 0.259 bits per heavy atom. The van der Waals surface area contributed by atoms with E-state index >= 15 is 0 Å². The summed E-state index contributed by atoms with van der Waals surface area (Å²) in [5.41, 5.74) is 0. The Morgan fingerprint density at radius 2 is 0.481 bits per heavy atom. The highest BCUT2D eigenvalue weighted by Gasteiger charge is 2.19. The second-order valence-corrected chi connectivity index (χ2v) is 22.0. The second-order valence-electron chi connectivity index (χ2n) is 22.0. The van der Waals surface area contributed by atoms with Gasteiger partial charge in [0, 0.05) is 19.3 Å². The Kier molecular flexibility index (Phi) is 64.3. The minimum absolute atomic E-state index is 0.0928. The largest absolute Gasteiger partial charge is 0.462 e. The van der Waals surface area contributed by atoms with E-state index in [0.29, 0.717) is 19.3 Å². The van der Waals surface area contributed by atoms with Gasteiger partial charge in [-0.05, 0) is 128 Å². The molecule has 0 saturated heterocycles. The Balaban J connectivity index is 4.28. The highest BCUT2D eigenvalue weighted by molar-refractivity contribution is 5.71. The molecule has 1 unspecified atom stereocenters. The lowest BCUT2D eigenvalue weighted by molar-refractivity contribution is -0.167. The molecule has 0 bridgehead atoms. The molecule has 0 saturated carbocycles. The van der Waals surface area contributed by atoms with Crippen molar-refractivity contribution >= 4 is 17.9 Å². The minimum Gasteiger partial charge on any atom is -0.462 e. The molecule has 0 fully saturated rings. The minimum atomic E-state index is -0.799. The van der Waals surface area contributed by atoms with E-state index in [4.69, 9.17) is 14.2 Å². The van der Waals surface area contributed by atoms with Crippen molar-refractivity contribution < 1.29 is 28.6 Å². The first-order valence-corrected chi connectivity index (χ1v) is 33.7. The van der Waals surface area contributed by atoms with Crippen LogP contribution in [0.3, 0.4) is 0 Å². The number of unbranched alkanes of at least 4 members (excludes halogenated alkanes) is 27. The quantitative estimate of drug-likeness (QED) is 0.0261. The number of allylic oxidation sites excluding steroid dienone is 22. The van der Waals surface area contributed by atoms with E-state index < -0.39 is 6.10 Å². The maximum Gasteiger partial charge on any atom is 0.306 e. The zero-order chi connectivity index (χ0) is 58.5. The van der Waals surface area contributed by atoms with Gasteiger partial charge in [-0.25, -0.2) is 0 Å². The molecule has 0 aromatic carbocycles. The van der Waals surface area contributed by atoms with Crippen LogP contribution in [0, 0.1) is 0 Å². The van der Waals surface area contributed by atoms with Crippen molar-refractivity contribution in [3.63, 3.8) is 0 Å². The topological polar surface area (TPSA) is 78.9 Å². The van der Waals surface area contributed by atoms with Crippen LogP contribution in [0.5, 0.6) is 0 Å². The molecule has 0 aliphatic carbocycles. The van der Waals surface area contributed by atoms with Crippen molar-refractivity contribution in [2.24, 2.45) is 0 Å². The molecule has 0 heterocycles. The predicted molar refractivity (Wildman–Crippen MR) is 353 cm³/mol. The molecule has 6 heteroatoms. The van der Waals surface area contributed by atoms with E-state index in [1.807, 2.05) is 0 Å². The molecule has 0 rings (SSSR count). The number of esters is 3. The van der Waals surface area contributed by atoms with Gasteiger partial charge in [0.15, 0.2) is 6.10 Å². The van der Waals surface area contributed by atoms with Crippen molar-refractivity contribution in [3.05, 3.63) is 134 Å². The molecule has 0 aliphatic rings. The molecule has 460 valence electrons. The van der Waals surface area contributed by atoms with Crippen LogP contribution in [-0.2, 0) is 28.6 Å². The number of rotatable bonds is 60. The van der Waals surface area contributed by atoms with Crippen LogP contribution in [0.15, 0.2) is 134 Å². The molecule has 81 heavy (non-hydrogen) atoms. The highest BCUT2D eigenvalue weighted by atomic mass is 16.6. The summed E-state index contributed by atoms with van der Waals surface area (Å²) in [7, 11) is 0. The van der Waals surface area contributed by atoms with E-state index in [0.717, 1.165) is 148 Å². The van der Waals surface area contributed by atoms with Gasteiger partial charge in [-0.2, -0.15) is 0 Å². The highest BCUT2D eigenvalue weighted by Crippen LogP contribution is 2.16. The van der Waals surface area contributed by atoms with Gasteiger partial charge in [-0.15, -0.1) is 0 Å². The molecule has 0 aliphatic heterocycles. The Labute approximate surface area is 500 Å². The molecule has 6 nitrogen and oxygen atoms in total. The monoisotopic (exact) mass is 1120 g/mol. The summed E-state index contributed by atoms with van der Waals surface area (Å²) in [6.07, 6.45) is 96.2. The third-order valence-corrected chi connectivity index (χ3v) is 14.1. The fraction of sp³-hybridized carbons (Fsp3) is 0.667. The molecular weight excluding hydrogens is 997 g/mol. The molecule has 0 aromatic heterocycles. The van der Waals surface area contributed by atoms with Crippen molar-refractivity contribution in [1.29, 1.82) is 0 Å². The summed E-state index contributed by atoms with van der Waals surface area (Å²) < 4.78 is 16.9. The average molecular weight is 1120 g/mol. The van der Waals surface area contributed by atoms with Crippen LogP contribution in [0.4, 0.5) is 0 Å². The number of carbonyl (C=O) groups excluding carboxylic acids is 3. The fourth-order valence-electron chi connectivity index (χ4n) is 9.13. The summed E-state index contributed by atoms with van der Waals surface area (Å²) in [4.78, 5) is 38.3. The zero-order valence-electron chi connectivity index (χ0n) is 52.8. The third kappa shape index (κ3) is 66.2. The molecule has 0 radical (unpaired) electrons. The van der Waals surface area contributed by atoms with Gasteiger partial charge in [-0.1, -0.05) is 289 Å². The van der Waals surface area contributed by atoms with E-state index in [9.17, 15) is 14.4 Å². The average Bonchev–Trinajstić information content (AvgIpc) is 3.47. The lowest BCUT2D eigenvalue weighted by Crippen LogP contribution is -2.30. The second kappa shape index (κ2) is 68.1. The van der Waals surface area contributed by atoms with Crippen LogP contribution < -0.4 is 0 Å². The normalized spacial score (nSPS) is 13.0. The SMILES string of the molecule is CC/C=C\C/C=C\C/C=C\C/C=C\C/C=C\C/C=C\CCCCCCC(=O)OC(COC(=O)CCCCCCC/C=C\CCCC)COC(=O)CCCCCCCCCCCCCCCCCC/C=C\C/C=C\C/C=C\C/C=C\CC. The fourth-order valence-corrected chi connectivity index (χ4v) is 9.13. The standard InChI is InChI=1S/C75H124O6/c1-4-7-10-13-16-19-22-24-26-28-30-32-34-35-36-37-38-39-41-42-44-46-48-50-53-56-59-62-65-68-74(77)80-71-72(70-79-73(76)67-64-61-58-55-52-21-18-15-12-9-6-3)81-75(78)69-66-63-60-57-54-51-49-47-45-43-40-33-31-29-27-25-23-20-17-14-11-8-5-2/h7-8,10-11,15-20,24-27,30-33,43,45,49,51,72H,4-6,9,12-14,21-23,28-29,34-42,44,46-48,50,52-71H2,1-3H3/b10-7-,11-8-,18-15-,19-16-,20-17-,26-24-,27-25-,32-30-,33-31-,45-43-,51-49-. The van der Waals surface area contributed by atoms with Crippen molar-refractivity contribution in [2.75, 3.05) is 13.2 Å². The number of hydrogen-bond acceptors (Lipinski definition) is 6. The van der Waals surface area contributed by atoms with Crippen LogP contribution in [0.2, 0.25) is 0 Å². The summed E-state index contributed by atoms with van der Waals surface area (Å²) >= 11 is 0. The Hall–Kier alpha value is -4.45. The predicted octanol–water partition coefficient (Wildman–Crippen LogP) is 23.3. The first-order valence-electron chi connectivity index (χ1n) is 33.7. The molecule has 0 aromatic rings. The molecular formula is C75H124O6. The van der Waals surface area contributed by atoms with Crippen molar-refractivity contribution in [2.45, 2.75) is 309 Å². The number of ether oxygens (including phenoxy) is 3. The number of carbonyl (C=O) groups is 3. The van der Waals surface area contributed by atoms with Gasteiger partial charge in [0.1, 0.15) is 13.2 Å². The molecule has 0 spiro atoms. The Morgan fingerprint density at radius 3 is 0.765 bits per heavy atom. The van der Waals surface area contributed by atoms with Gasteiger partial charge in [0.2, 0.25) is 0 Å². The molecule has 0 N–H and O–H groups in total. The zero-order valence-corrected chi connectivity index (χ0v) is 52.8. The van der Waals surface area contributed by atoms with Crippen molar-refractivity contribution in [1.82, 2.24) is 0 Å². The smallest absolute Gasteiger partial charge is 0.306 e. The van der Waals surface area contributed by atoms with Crippen LogP contribution in [0.25, 0.3) is 0 Å². The van der Waals surface area contributed by atoms with Gasteiger partial charge < -0.3 is 14.2 Å². The Bertz CT molecular complexity index is 1720. The van der Waals surface area contributed by atoms with E-state index in [-0.39, 0.29) is 31.1 Å². The van der Waals surface area contributed by atoms with Gasteiger partial charge in [-0.3, -0.25) is 14.4 Å². The maximum atomic E-state index is 12.9. The summed E-state index contributed by atoms with van der Waals surface area (Å²) in [6.45, 7) is 6.36. The van der Waals surface area contributed by atoms with Gasteiger partial charge in [0.25, 0.3) is 0 Å². The molecule has 0 amide bonds. The summed E-state index contributed by atoms with van der Waals surface area (Å²) in [5, 5.41) is 0. The van der Waals surface area contributed by atoms with E-state index in [1.165, 1.54) is 116 Å². The van der Waals surface area contributed by atoms with Crippen LogP contribution in [0.1, 0.15) is 303 Å². The lowest BCUT2D eigenvalue weighted by atomic mass is 10.0. The van der Waals surface area contributed by atoms with Gasteiger partial charge in [0.05, 0.1) is 0 Å². The van der Waals surface area contributed by atoms with Crippen LogP contribution in [-0.4, -0.2) is 37.2 Å². The first kappa shape index (κ1) is 76.5. The summed E-state index contributed by atoms with van der Waals surface area (Å²) in [5.74, 6) is -0.923. The van der Waals surface area contributed by atoms with E-state index in [1.54, 1.807) is 0 Å². The maximum absolute atomic E-state index is 12.9. The third-order valence-electron chi connectivity index (χ3n) is 14.1. The first-order chi connectivity index (χ1) is 40.0. The van der Waals surface area contributed by atoms with E-state index in [2.05, 4.69) is 154 Å². The number of hydrogen-bond donors (Lipinski definition) is 0. The van der Waals surface area contributed by atoms with Crippen LogP contribution >= 0.6 is 0 Å². The van der Waals surface area contributed by atoms with Gasteiger partial charge >= 0.3 is 17.9 Å². The lowest BCUT2D eigenvalue weighted by Gasteiger charge is -2.18.